The molecule has 0 radical (unpaired) electrons. The third kappa shape index (κ3) is 4.25. The van der Waals surface area contributed by atoms with Gasteiger partial charge < -0.3 is 10.1 Å². The summed E-state index contributed by atoms with van der Waals surface area (Å²) in [6, 6.07) is 8.94. The van der Waals surface area contributed by atoms with Crippen molar-refractivity contribution >= 4 is 5.91 Å². The minimum atomic E-state index is -0.343. The summed E-state index contributed by atoms with van der Waals surface area (Å²) in [5, 5.41) is 10.6. The van der Waals surface area contributed by atoms with E-state index in [1.165, 1.54) is 19.2 Å². The largest absolute Gasteiger partial charge is 0.480 e. The van der Waals surface area contributed by atoms with Crippen molar-refractivity contribution in [3.63, 3.8) is 0 Å². The highest BCUT2D eigenvalue weighted by atomic mass is 19.1. The maximum absolute atomic E-state index is 13.1. The van der Waals surface area contributed by atoms with Gasteiger partial charge in [0.05, 0.1) is 13.2 Å². The van der Waals surface area contributed by atoms with Crippen LogP contribution in [-0.2, 0) is 0 Å². The fraction of sp³-hybridized carbons (Fsp3) is 0.353. The Morgan fingerprint density at radius 3 is 2.26 bits per heavy atom. The number of benzene rings is 1. The van der Waals surface area contributed by atoms with Crippen LogP contribution in [0, 0.1) is 11.2 Å². The zero-order chi connectivity index (χ0) is 17.0. The molecule has 0 unspecified atom stereocenters. The highest BCUT2D eigenvalue weighted by molar-refractivity contribution is 5.92. The molecule has 1 aromatic carbocycles. The van der Waals surface area contributed by atoms with Gasteiger partial charge in [0, 0.05) is 6.07 Å². The van der Waals surface area contributed by atoms with Crippen molar-refractivity contribution in [3.8, 4) is 5.88 Å². The molecule has 0 fully saturated rings. The first-order valence-electron chi connectivity index (χ1n) is 7.25. The third-order valence-corrected chi connectivity index (χ3v) is 3.43. The number of ether oxygens (including phenoxy) is 1. The van der Waals surface area contributed by atoms with Gasteiger partial charge in [0.1, 0.15) is 5.82 Å². The Morgan fingerprint density at radius 1 is 1.13 bits per heavy atom. The summed E-state index contributed by atoms with van der Waals surface area (Å²) in [6.07, 6.45) is 0. The number of amides is 1. The van der Waals surface area contributed by atoms with E-state index < -0.39 is 0 Å². The smallest absolute Gasteiger partial charge is 0.272 e. The molecule has 6 heteroatoms. The molecule has 23 heavy (non-hydrogen) atoms. The Morgan fingerprint density at radius 2 is 1.78 bits per heavy atom. The minimum absolute atomic E-state index is 0.196. The van der Waals surface area contributed by atoms with Gasteiger partial charge in [-0.2, -0.15) is 0 Å². The van der Waals surface area contributed by atoms with E-state index in [-0.39, 0.29) is 28.9 Å². The van der Waals surface area contributed by atoms with Crippen molar-refractivity contribution < 1.29 is 13.9 Å². The molecule has 1 heterocycles. The van der Waals surface area contributed by atoms with Crippen LogP contribution in [0.25, 0.3) is 0 Å². The topological polar surface area (TPSA) is 64.1 Å². The first kappa shape index (κ1) is 16.9. The molecule has 0 aliphatic rings. The molecule has 1 amide bonds. The lowest BCUT2D eigenvalue weighted by molar-refractivity contribution is 0.0895. The highest BCUT2D eigenvalue weighted by Crippen LogP contribution is 2.33. The van der Waals surface area contributed by atoms with Gasteiger partial charge in [-0.15, -0.1) is 10.2 Å². The van der Waals surface area contributed by atoms with Crippen molar-refractivity contribution in [2.24, 2.45) is 5.41 Å². The Labute approximate surface area is 134 Å². The van der Waals surface area contributed by atoms with Crippen LogP contribution in [0.1, 0.15) is 42.9 Å². The molecule has 2 rings (SSSR count). The number of rotatable bonds is 4. The van der Waals surface area contributed by atoms with Crippen LogP contribution < -0.4 is 10.1 Å². The molecule has 1 aromatic heterocycles. The number of hydrogen-bond donors (Lipinski definition) is 1. The molecule has 0 aliphatic heterocycles. The van der Waals surface area contributed by atoms with Gasteiger partial charge in [0.2, 0.25) is 5.88 Å². The average molecular weight is 317 g/mol. The van der Waals surface area contributed by atoms with Crippen LogP contribution in [-0.4, -0.2) is 23.2 Å². The first-order valence-corrected chi connectivity index (χ1v) is 7.25. The number of nitrogens with one attached hydrogen (secondary N) is 1. The molecular formula is C17H20FN3O2. The van der Waals surface area contributed by atoms with Gasteiger partial charge in [0.15, 0.2) is 5.69 Å². The van der Waals surface area contributed by atoms with Crippen molar-refractivity contribution in [1.29, 1.82) is 0 Å². The number of nitrogens with zero attached hydrogens (tertiary/aromatic N) is 2. The summed E-state index contributed by atoms with van der Waals surface area (Å²) in [5.74, 6) is -0.314. The van der Waals surface area contributed by atoms with E-state index in [1.54, 1.807) is 24.3 Å². The second-order valence-electron chi connectivity index (χ2n) is 6.28. The highest BCUT2D eigenvalue weighted by Gasteiger charge is 2.28. The molecule has 0 saturated carbocycles. The molecule has 122 valence electrons. The van der Waals surface area contributed by atoms with Gasteiger partial charge in [-0.05, 0) is 29.2 Å². The van der Waals surface area contributed by atoms with E-state index in [0.29, 0.717) is 5.88 Å². The van der Waals surface area contributed by atoms with E-state index in [1.807, 2.05) is 20.8 Å². The first-order chi connectivity index (χ1) is 10.8. The van der Waals surface area contributed by atoms with Crippen LogP contribution in [0.5, 0.6) is 5.88 Å². The van der Waals surface area contributed by atoms with Gasteiger partial charge in [-0.25, -0.2) is 4.39 Å². The monoisotopic (exact) mass is 317 g/mol. The van der Waals surface area contributed by atoms with Crippen LogP contribution >= 0.6 is 0 Å². The van der Waals surface area contributed by atoms with E-state index in [9.17, 15) is 9.18 Å². The zero-order valence-corrected chi connectivity index (χ0v) is 13.6. The molecule has 0 saturated heterocycles. The lowest BCUT2D eigenvalue weighted by Gasteiger charge is -2.31. The predicted molar refractivity (Wildman–Crippen MR) is 84.6 cm³/mol. The molecule has 1 atom stereocenters. The molecule has 2 aromatic rings. The summed E-state index contributed by atoms with van der Waals surface area (Å²) >= 11 is 0. The van der Waals surface area contributed by atoms with Crippen molar-refractivity contribution in [2.75, 3.05) is 7.11 Å². The number of aromatic nitrogens is 2. The molecular weight excluding hydrogens is 297 g/mol. The number of methoxy groups -OCH3 is 1. The predicted octanol–water partition coefficient (Wildman–Crippen LogP) is 3.14. The number of halogens is 1. The minimum Gasteiger partial charge on any atom is -0.480 e. The number of hydrogen-bond acceptors (Lipinski definition) is 4. The van der Waals surface area contributed by atoms with Crippen LogP contribution in [0.2, 0.25) is 0 Å². The van der Waals surface area contributed by atoms with Crippen molar-refractivity contribution in [2.45, 2.75) is 26.8 Å². The number of carbonyl (C=O) groups is 1. The molecule has 0 aliphatic carbocycles. The Bertz CT molecular complexity index is 664. The van der Waals surface area contributed by atoms with Gasteiger partial charge in [0.25, 0.3) is 5.91 Å². The second-order valence-corrected chi connectivity index (χ2v) is 6.28. The fourth-order valence-electron chi connectivity index (χ4n) is 2.21. The summed E-state index contributed by atoms with van der Waals surface area (Å²) in [7, 11) is 1.48. The molecule has 1 N–H and O–H groups in total. The van der Waals surface area contributed by atoms with Crippen molar-refractivity contribution in [3.05, 3.63) is 53.5 Å². The maximum Gasteiger partial charge on any atom is 0.272 e. The summed E-state index contributed by atoms with van der Waals surface area (Å²) < 4.78 is 18.1. The number of carbonyl (C=O) groups excluding carboxylic acids is 1. The second kappa shape index (κ2) is 6.73. The zero-order valence-electron chi connectivity index (χ0n) is 13.6. The van der Waals surface area contributed by atoms with Gasteiger partial charge >= 0.3 is 0 Å². The average Bonchev–Trinajstić information content (AvgIpc) is 2.52. The maximum atomic E-state index is 13.1. The Balaban J connectivity index is 2.23. The molecule has 0 bridgehead atoms. The summed E-state index contributed by atoms with van der Waals surface area (Å²) in [6.45, 7) is 6.00. The Kier molecular flexibility index (Phi) is 4.93. The van der Waals surface area contributed by atoms with Crippen LogP contribution in [0.3, 0.4) is 0 Å². The van der Waals surface area contributed by atoms with E-state index >= 15 is 0 Å². The molecule has 5 nitrogen and oxygen atoms in total. The van der Waals surface area contributed by atoms with E-state index in [0.717, 1.165) is 5.56 Å². The fourth-order valence-corrected chi connectivity index (χ4v) is 2.21. The SMILES string of the molecule is COc1ccc(C(=O)N[C@@H](c2ccc(F)cc2)C(C)(C)C)nn1. The van der Waals surface area contributed by atoms with Gasteiger partial charge in [-0.1, -0.05) is 32.9 Å². The van der Waals surface area contributed by atoms with E-state index in [2.05, 4.69) is 15.5 Å². The lowest BCUT2D eigenvalue weighted by Crippen LogP contribution is -2.37. The van der Waals surface area contributed by atoms with Crippen LogP contribution in [0.15, 0.2) is 36.4 Å². The van der Waals surface area contributed by atoms with E-state index in [4.69, 9.17) is 4.74 Å². The normalized spacial score (nSPS) is 12.6. The summed E-state index contributed by atoms with van der Waals surface area (Å²) in [4.78, 5) is 12.4. The van der Waals surface area contributed by atoms with Crippen LogP contribution in [0.4, 0.5) is 4.39 Å². The molecule has 0 spiro atoms. The standard InChI is InChI=1S/C17H20FN3O2/c1-17(2,3)15(11-5-7-12(18)8-6-11)19-16(22)13-9-10-14(23-4)21-20-13/h5-10,15H,1-4H3,(H,19,22)/t15-/m0/s1. The quantitative estimate of drug-likeness (QED) is 0.941. The Hall–Kier alpha value is -2.50. The third-order valence-electron chi connectivity index (χ3n) is 3.43. The van der Waals surface area contributed by atoms with Gasteiger partial charge in [-0.3, -0.25) is 4.79 Å². The summed E-state index contributed by atoms with van der Waals surface area (Å²) in [5.41, 5.74) is 0.767. The van der Waals surface area contributed by atoms with Crippen molar-refractivity contribution in [1.82, 2.24) is 15.5 Å². The lowest BCUT2D eigenvalue weighted by atomic mass is 9.82.